The van der Waals surface area contributed by atoms with Crippen LogP contribution in [0.5, 0.6) is 5.75 Å². The van der Waals surface area contributed by atoms with E-state index in [-0.39, 0.29) is 15.4 Å². The summed E-state index contributed by atoms with van der Waals surface area (Å²) in [6.45, 7) is 0.361. The summed E-state index contributed by atoms with van der Waals surface area (Å²) >= 11 is 6.66. The number of carbonyl (C=O) groups is 1. The third-order valence-electron chi connectivity index (χ3n) is 2.23. The Hall–Kier alpha value is -1.66. The zero-order valence-corrected chi connectivity index (χ0v) is 11.1. The van der Waals surface area contributed by atoms with Crippen LogP contribution < -0.4 is 10.1 Å². The van der Waals surface area contributed by atoms with Gasteiger partial charge in [-0.05, 0) is 17.7 Å². The number of para-hydroxylation sites is 1. The van der Waals surface area contributed by atoms with Crippen LogP contribution in [0.4, 0.5) is 0 Å². The maximum atomic E-state index is 11.7. The molecule has 0 bridgehead atoms. The molecule has 0 aliphatic rings. The van der Waals surface area contributed by atoms with Crippen molar-refractivity contribution < 1.29 is 9.53 Å². The number of halogens is 1. The van der Waals surface area contributed by atoms with E-state index >= 15 is 0 Å². The lowest BCUT2D eigenvalue weighted by Crippen LogP contribution is -2.22. The lowest BCUT2D eigenvalue weighted by Gasteiger charge is -2.08. The van der Waals surface area contributed by atoms with Crippen LogP contribution in [0.2, 0.25) is 4.47 Å². The number of amides is 1. The zero-order valence-electron chi connectivity index (χ0n) is 9.51. The Morgan fingerprint density at radius 2 is 2.22 bits per heavy atom. The second-order valence-corrected chi connectivity index (χ2v) is 4.91. The number of benzene rings is 1. The highest BCUT2D eigenvalue weighted by Gasteiger charge is 2.12. The first-order valence-electron chi connectivity index (χ1n) is 5.10. The molecule has 0 saturated carbocycles. The summed E-state index contributed by atoms with van der Waals surface area (Å²) in [4.78, 5) is 11.7. The maximum Gasteiger partial charge on any atom is 0.282 e. The topological polar surface area (TPSA) is 64.1 Å². The van der Waals surface area contributed by atoms with Gasteiger partial charge in [0.05, 0.1) is 7.11 Å². The largest absolute Gasteiger partial charge is 0.496 e. The van der Waals surface area contributed by atoms with Crippen LogP contribution in [0.15, 0.2) is 24.3 Å². The van der Waals surface area contributed by atoms with Gasteiger partial charge in [-0.3, -0.25) is 4.79 Å². The number of carbonyl (C=O) groups excluding carboxylic acids is 1. The zero-order chi connectivity index (χ0) is 13.0. The molecule has 2 aromatic rings. The molecule has 1 aromatic heterocycles. The Morgan fingerprint density at radius 1 is 1.44 bits per heavy atom. The van der Waals surface area contributed by atoms with Gasteiger partial charge in [-0.1, -0.05) is 29.5 Å². The van der Waals surface area contributed by atoms with E-state index in [4.69, 9.17) is 16.3 Å². The molecular weight excluding hydrogens is 274 g/mol. The Kier molecular flexibility index (Phi) is 4.11. The second kappa shape index (κ2) is 5.79. The average Bonchev–Trinajstić information content (AvgIpc) is 2.83. The number of aromatic nitrogens is 2. The number of ether oxygens (including phenoxy) is 1. The summed E-state index contributed by atoms with van der Waals surface area (Å²) in [5.74, 6) is 0.429. The number of hydrogen-bond donors (Lipinski definition) is 1. The Bertz CT molecular complexity index is 559. The number of hydrogen-bond acceptors (Lipinski definition) is 5. The molecule has 0 aliphatic carbocycles. The fourth-order valence-corrected chi connectivity index (χ4v) is 2.14. The summed E-state index contributed by atoms with van der Waals surface area (Å²) in [7, 11) is 1.59. The fraction of sp³-hybridized carbons (Fsp3) is 0.182. The first-order valence-corrected chi connectivity index (χ1v) is 6.29. The van der Waals surface area contributed by atoms with Crippen LogP contribution in [0.3, 0.4) is 0 Å². The maximum absolute atomic E-state index is 11.7. The predicted octanol–water partition coefficient (Wildman–Crippen LogP) is 2.13. The number of rotatable bonds is 4. The van der Waals surface area contributed by atoms with E-state index in [1.165, 1.54) is 0 Å². The third-order valence-corrected chi connectivity index (χ3v) is 3.24. The predicted molar refractivity (Wildman–Crippen MR) is 69.1 cm³/mol. The minimum absolute atomic E-state index is 0.245. The van der Waals surface area contributed by atoms with Crippen molar-refractivity contribution in [3.63, 3.8) is 0 Å². The molecular formula is C11H10ClN3O2S. The Balaban J connectivity index is 2.01. The quantitative estimate of drug-likeness (QED) is 0.934. The van der Waals surface area contributed by atoms with Gasteiger partial charge in [0.2, 0.25) is 9.47 Å². The average molecular weight is 284 g/mol. The van der Waals surface area contributed by atoms with Crippen molar-refractivity contribution in [2.75, 3.05) is 7.11 Å². The highest BCUT2D eigenvalue weighted by atomic mass is 35.5. The monoisotopic (exact) mass is 283 g/mol. The first kappa shape index (κ1) is 12.8. The van der Waals surface area contributed by atoms with Gasteiger partial charge in [-0.15, -0.1) is 10.2 Å². The molecule has 18 heavy (non-hydrogen) atoms. The molecule has 2 rings (SSSR count). The van der Waals surface area contributed by atoms with E-state index in [1.807, 2.05) is 24.3 Å². The van der Waals surface area contributed by atoms with Crippen molar-refractivity contribution in [1.29, 1.82) is 0 Å². The van der Waals surface area contributed by atoms with Crippen LogP contribution in [0, 0.1) is 0 Å². The van der Waals surface area contributed by atoms with Crippen molar-refractivity contribution >= 4 is 28.8 Å². The highest BCUT2D eigenvalue weighted by molar-refractivity contribution is 7.17. The molecule has 1 N–H and O–H groups in total. The first-order chi connectivity index (χ1) is 8.70. The molecule has 1 aromatic carbocycles. The van der Waals surface area contributed by atoms with Crippen molar-refractivity contribution in [2.24, 2.45) is 0 Å². The van der Waals surface area contributed by atoms with Gasteiger partial charge in [-0.2, -0.15) is 0 Å². The van der Waals surface area contributed by atoms with E-state index in [1.54, 1.807) is 7.11 Å². The molecule has 0 saturated heterocycles. The lowest BCUT2D eigenvalue weighted by molar-refractivity contribution is 0.0949. The standard InChI is InChI=1S/C11H10ClN3O2S/c1-17-8-5-3-2-4-7(8)6-13-9(16)10-14-15-11(12)18-10/h2-5H,6H2,1H3,(H,13,16). The summed E-state index contributed by atoms with van der Waals surface area (Å²) in [5.41, 5.74) is 0.893. The Labute approximate surface area is 113 Å². The van der Waals surface area contributed by atoms with Gasteiger partial charge >= 0.3 is 0 Å². The molecule has 5 nitrogen and oxygen atoms in total. The smallest absolute Gasteiger partial charge is 0.282 e. The van der Waals surface area contributed by atoms with Crippen molar-refractivity contribution in [3.8, 4) is 5.75 Å². The van der Waals surface area contributed by atoms with Gasteiger partial charge in [-0.25, -0.2) is 0 Å². The minimum atomic E-state index is -0.301. The minimum Gasteiger partial charge on any atom is -0.496 e. The molecule has 94 valence electrons. The van der Waals surface area contributed by atoms with E-state index in [9.17, 15) is 4.79 Å². The highest BCUT2D eigenvalue weighted by Crippen LogP contribution is 2.18. The van der Waals surface area contributed by atoms with E-state index in [2.05, 4.69) is 15.5 Å². The van der Waals surface area contributed by atoms with Crippen LogP contribution in [-0.2, 0) is 6.54 Å². The normalized spacial score (nSPS) is 10.1. The molecule has 0 unspecified atom stereocenters. The lowest BCUT2D eigenvalue weighted by atomic mass is 10.2. The van der Waals surface area contributed by atoms with Crippen LogP contribution in [0.1, 0.15) is 15.4 Å². The third kappa shape index (κ3) is 2.96. The molecule has 0 radical (unpaired) electrons. The number of methoxy groups -OCH3 is 1. The molecule has 1 heterocycles. The Morgan fingerprint density at radius 3 is 2.89 bits per heavy atom. The van der Waals surface area contributed by atoms with Crippen molar-refractivity contribution in [3.05, 3.63) is 39.3 Å². The molecule has 7 heteroatoms. The van der Waals surface area contributed by atoms with E-state index in [0.717, 1.165) is 22.6 Å². The van der Waals surface area contributed by atoms with Crippen LogP contribution in [0.25, 0.3) is 0 Å². The SMILES string of the molecule is COc1ccccc1CNC(=O)c1nnc(Cl)s1. The fourth-order valence-electron chi connectivity index (χ4n) is 1.40. The number of nitrogens with one attached hydrogen (secondary N) is 1. The van der Waals surface area contributed by atoms with Gasteiger partial charge in [0.1, 0.15) is 5.75 Å². The summed E-state index contributed by atoms with van der Waals surface area (Å²) in [6, 6.07) is 7.47. The van der Waals surface area contributed by atoms with Gasteiger partial charge in [0.15, 0.2) is 0 Å². The van der Waals surface area contributed by atoms with E-state index < -0.39 is 0 Å². The van der Waals surface area contributed by atoms with Crippen LogP contribution >= 0.6 is 22.9 Å². The van der Waals surface area contributed by atoms with Gasteiger partial charge in [0, 0.05) is 12.1 Å². The van der Waals surface area contributed by atoms with Crippen LogP contribution in [-0.4, -0.2) is 23.2 Å². The van der Waals surface area contributed by atoms with Gasteiger partial charge in [0.25, 0.3) is 5.91 Å². The van der Waals surface area contributed by atoms with Crippen molar-refractivity contribution in [1.82, 2.24) is 15.5 Å². The molecule has 0 spiro atoms. The summed E-state index contributed by atoms with van der Waals surface area (Å²) < 4.78 is 5.44. The molecule has 1 amide bonds. The molecule has 0 fully saturated rings. The van der Waals surface area contributed by atoms with E-state index in [0.29, 0.717) is 6.54 Å². The second-order valence-electron chi connectivity index (χ2n) is 3.35. The summed E-state index contributed by atoms with van der Waals surface area (Å²) in [5, 5.41) is 10.2. The van der Waals surface area contributed by atoms with Crippen molar-refractivity contribution in [2.45, 2.75) is 6.54 Å². The molecule has 0 atom stereocenters. The summed E-state index contributed by atoms with van der Waals surface area (Å²) in [6.07, 6.45) is 0. The number of nitrogens with zero attached hydrogens (tertiary/aromatic N) is 2. The van der Waals surface area contributed by atoms with Gasteiger partial charge < -0.3 is 10.1 Å². The molecule has 0 aliphatic heterocycles.